The number of fused-ring (bicyclic) bond motifs is 1. The summed E-state index contributed by atoms with van der Waals surface area (Å²) < 4.78 is 15.7. The minimum absolute atomic E-state index is 0.347. The molecule has 0 radical (unpaired) electrons. The van der Waals surface area contributed by atoms with Gasteiger partial charge in [-0.2, -0.15) is 5.26 Å². The van der Waals surface area contributed by atoms with Gasteiger partial charge in [0.05, 0.1) is 24.8 Å². The molecule has 1 unspecified atom stereocenters. The van der Waals surface area contributed by atoms with Crippen LogP contribution in [0.15, 0.2) is 96.6 Å². The number of hydrogen-bond donors (Lipinski definition) is 1. The van der Waals surface area contributed by atoms with Gasteiger partial charge in [0.1, 0.15) is 18.7 Å². The molecule has 226 valence electrons. The molecule has 1 aromatic heterocycles. The number of thiol groups is 1. The van der Waals surface area contributed by atoms with Gasteiger partial charge in [0.25, 0.3) is 0 Å². The Labute approximate surface area is 262 Å². The second kappa shape index (κ2) is 20.2. The molecule has 42 heavy (non-hydrogen) atoms. The second-order valence-electron chi connectivity index (χ2n) is 9.82. The number of likely N-dealkylation sites (tertiary alicyclic amines) is 1. The van der Waals surface area contributed by atoms with Gasteiger partial charge in [0.2, 0.25) is 0 Å². The van der Waals surface area contributed by atoms with Crippen molar-refractivity contribution in [2.45, 2.75) is 50.2 Å². The minimum Gasteiger partial charge on any atom is -0.361 e. The van der Waals surface area contributed by atoms with E-state index in [9.17, 15) is 5.26 Å². The lowest BCUT2D eigenvalue weighted by molar-refractivity contribution is 0.0735. The van der Waals surface area contributed by atoms with Crippen molar-refractivity contribution in [3.8, 4) is 6.07 Å². The zero-order chi connectivity index (χ0) is 30.7. The van der Waals surface area contributed by atoms with Crippen molar-refractivity contribution in [1.82, 2.24) is 13.8 Å². The maximum absolute atomic E-state index is 9.82. The van der Waals surface area contributed by atoms with Gasteiger partial charge in [0.15, 0.2) is 0 Å². The van der Waals surface area contributed by atoms with Crippen LogP contribution in [0.5, 0.6) is 0 Å². The fraction of sp³-hybridized carbons (Fsp3) is 0.382. The Morgan fingerprint density at radius 3 is 2.45 bits per heavy atom. The molecule has 4 rings (SSSR count). The first-order valence-corrected chi connectivity index (χ1v) is 15.5. The Morgan fingerprint density at radius 2 is 1.86 bits per heavy atom. The predicted octanol–water partition coefficient (Wildman–Crippen LogP) is 8.26. The van der Waals surface area contributed by atoms with E-state index in [2.05, 4.69) is 43.8 Å². The molecule has 0 amide bonds. The van der Waals surface area contributed by atoms with Crippen molar-refractivity contribution in [3.05, 3.63) is 103 Å². The van der Waals surface area contributed by atoms with Crippen LogP contribution in [-0.2, 0) is 22.8 Å². The highest BCUT2D eigenvalue weighted by Crippen LogP contribution is 2.34. The summed E-state index contributed by atoms with van der Waals surface area (Å²) in [5, 5.41) is 10.5. The number of aromatic nitrogens is 1. The highest BCUT2D eigenvalue weighted by molar-refractivity contribution is 7.97. The molecule has 6 nitrogen and oxygen atoms in total. The van der Waals surface area contributed by atoms with Crippen molar-refractivity contribution < 1.29 is 9.47 Å². The van der Waals surface area contributed by atoms with E-state index < -0.39 is 0 Å². The zero-order valence-electron chi connectivity index (χ0n) is 25.5. The first-order valence-electron chi connectivity index (χ1n) is 14.2. The maximum atomic E-state index is 9.82. The minimum atomic E-state index is -0.347. The molecule has 1 fully saturated rings. The van der Waals surface area contributed by atoms with E-state index in [1.54, 1.807) is 0 Å². The molecular weight excluding hydrogens is 561 g/mol. The van der Waals surface area contributed by atoms with Crippen molar-refractivity contribution >= 4 is 35.5 Å². The fourth-order valence-electron chi connectivity index (χ4n) is 4.38. The summed E-state index contributed by atoms with van der Waals surface area (Å²) in [7, 11) is 4.11. The van der Waals surface area contributed by atoms with Crippen LogP contribution in [0.2, 0.25) is 0 Å². The first-order chi connectivity index (χ1) is 20.4. The molecule has 1 aliphatic heterocycles. The van der Waals surface area contributed by atoms with Crippen LogP contribution in [-0.4, -0.2) is 54.3 Å². The number of nitrogens with zero attached hydrogens (tertiary/aromatic N) is 4. The van der Waals surface area contributed by atoms with Crippen LogP contribution in [0.1, 0.15) is 43.1 Å². The number of nitriles is 1. The topological polar surface area (TPSA) is 53.7 Å². The van der Waals surface area contributed by atoms with Crippen LogP contribution in [0.25, 0.3) is 10.9 Å². The first kappa shape index (κ1) is 35.4. The number of benzene rings is 2. The maximum Gasteiger partial charge on any atom is 0.131 e. The lowest BCUT2D eigenvalue weighted by Gasteiger charge is -2.19. The third-order valence-electron chi connectivity index (χ3n) is 6.55. The van der Waals surface area contributed by atoms with Crippen molar-refractivity contribution in [1.29, 1.82) is 5.26 Å². The SMILES string of the molecule is C/C=C\C(=C/C)COCn1cc(S)c2cc(C(C#N)SN(C)COCc3ccccc3)ccc21.C=C.CN1CCCC1. The Kier molecular flexibility index (Phi) is 17.0. The highest BCUT2D eigenvalue weighted by atomic mass is 32.2. The Morgan fingerprint density at radius 1 is 1.14 bits per heavy atom. The predicted molar refractivity (Wildman–Crippen MR) is 182 cm³/mol. The normalized spacial score (nSPS) is 14.4. The van der Waals surface area contributed by atoms with Gasteiger partial charge < -0.3 is 18.9 Å². The molecule has 1 saturated heterocycles. The summed E-state index contributed by atoms with van der Waals surface area (Å²) >= 11 is 6.12. The molecule has 2 aromatic carbocycles. The van der Waals surface area contributed by atoms with Gasteiger partial charge >= 0.3 is 0 Å². The van der Waals surface area contributed by atoms with Crippen molar-refractivity contribution in [2.75, 3.05) is 40.5 Å². The van der Waals surface area contributed by atoms with Crippen LogP contribution in [0, 0.1) is 11.3 Å². The third-order valence-corrected chi connectivity index (χ3v) is 7.96. The molecule has 0 aliphatic carbocycles. The summed E-state index contributed by atoms with van der Waals surface area (Å²) in [5.74, 6) is 0. The summed E-state index contributed by atoms with van der Waals surface area (Å²) in [6.07, 6.45) is 10.9. The summed E-state index contributed by atoms with van der Waals surface area (Å²) in [4.78, 5) is 3.22. The molecule has 2 heterocycles. The highest BCUT2D eigenvalue weighted by Gasteiger charge is 2.17. The van der Waals surface area contributed by atoms with E-state index in [1.807, 2.05) is 103 Å². The van der Waals surface area contributed by atoms with Crippen LogP contribution in [0.4, 0.5) is 0 Å². The Bertz CT molecular complexity index is 1290. The van der Waals surface area contributed by atoms with Crippen molar-refractivity contribution in [3.63, 3.8) is 0 Å². The molecular formula is C34H46N4O2S2. The van der Waals surface area contributed by atoms with Crippen molar-refractivity contribution in [2.24, 2.45) is 0 Å². The van der Waals surface area contributed by atoms with Gasteiger partial charge in [-0.3, -0.25) is 0 Å². The molecule has 0 bridgehead atoms. The van der Waals surface area contributed by atoms with Gasteiger partial charge in [0, 0.05) is 16.5 Å². The third kappa shape index (κ3) is 11.8. The fourth-order valence-corrected chi connectivity index (χ4v) is 5.51. The van der Waals surface area contributed by atoms with E-state index >= 15 is 0 Å². The van der Waals surface area contributed by atoms with E-state index in [-0.39, 0.29) is 5.25 Å². The molecule has 1 aliphatic rings. The standard InChI is InChI=1S/C27H31N3O2S2.C5H11N.C2H4/c1-4-9-21(5-2)17-32-20-30-16-26(33)24-14-23(12-13-25(24)30)27(15-28)34-29(3)19-31-18-22-10-7-6-8-11-22;1-6-4-2-3-5-6;1-2/h4-14,16,27,33H,17-20H2,1-3H3;2-5H2,1H3;1-2H2/b9-4-,21-5+;;. The summed E-state index contributed by atoms with van der Waals surface area (Å²) in [6.45, 7) is 14.6. The van der Waals surface area contributed by atoms with Crippen LogP contribution < -0.4 is 0 Å². The average Bonchev–Trinajstić information content (AvgIpc) is 3.63. The second-order valence-corrected chi connectivity index (χ2v) is 11.6. The average molecular weight is 607 g/mol. The van der Waals surface area contributed by atoms with Gasteiger partial charge in [-0.25, -0.2) is 4.31 Å². The number of allylic oxidation sites excluding steroid dienone is 2. The Balaban J connectivity index is 0.000000672. The number of rotatable bonds is 12. The molecule has 1 atom stereocenters. The van der Waals surface area contributed by atoms with E-state index in [0.29, 0.717) is 26.7 Å². The quantitative estimate of drug-likeness (QED) is 0.0737. The Hall–Kier alpha value is -2.77. The van der Waals surface area contributed by atoms with E-state index in [1.165, 1.54) is 37.9 Å². The summed E-state index contributed by atoms with van der Waals surface area (Å²) in [6, 6.07) is 18.5. The largest absolute Gasteiger partial charge is 0.361 e. The van der Waals surface area contributed by atoms with Gasteiger partial charge in [-0.15, -0.1) is 25.8 Å². The molecule has 8 heteroatoms. The smallest absolute Gasteiger partial charge is 0.131 e. The lowest BCUT2D eigenvalue weighted by atomic mass is 10.1. The van der Waals surface area contributed by atoms with E-state index in [0.717, 1.165) is 32.5 Å². The van der Waals surface area contributed by atoms with Crippen LogP contribution >= 0.6 is 24.6 Å². The molecule has 0 N–H and O–H groups in total. The van der Waals surface area contributed by atoms with Crippen LogP contribution in [0.3, 0.4) is 0 Å². The monoisotopic (exact) mass is 606 g/mol. The molecule has 0 spiro atoms. The zero-order valence-corrected chi connectivity index (χ0v) is 27.2. The number of ether oxygens (including phenoxy) is 2. The summed E-state index contributed by atoms with van der Waals surface area (Å²) in [5.41, 5.74) is 4.23. The van der Waals surface area contributed by atoms with E-state index in [4.69, 9.17) is 9.47 Å². The molecule has 3 aromatic rings. The van der Waals surface area contributed by atoms with Gasteiger partial charge in [-0.05, 0) is 82.7 Å². The molecule has 0 saturated carbocycles. The number of hydrogen-bond acceptors (Lipinski definition) is 7. The lowest BCUT2D eigenvalue weighted by Crippen LogP contribution is -2.15. The van der Waals surface area contributed by atoms with Gasteiger partial charge in [-0.1, -0.05) is 66.6 Å².